The van der Waals surface area contributed by atoms with E-state index in [-0.39, 0.29) is 21.8 Å². The van der Waals surface area contributed by atoms with Crippen LogP contribution in [0.25, 0.3) is 0 Å². The van der Waals surface area contributed by atoms with Gasteiger partial charge in [0.1, 0.15) is 5.82 Å². The Labute approximate surface area is 160 Å². The Kier molecular flexibility index (Phi) is 5.74. The minimum atomic E-state index is -0.597. The van der Waals surface area contributed by atoms with Gasteiger partial charge in [0.2, 0.25) is 5.82 Å². The highest BCUT2D eigenvalue weighted by atomic mass is 79.9. The lowest BCUT2D eigenvalue weighted by Gasteiger charge is -2.07. The molecular weight excluding hydrogens is 423 g/mol. The van der Waals surface area contributed by atoms with Crippen molar-refractivity contribution >= 4 is 45.0 Å². The summed E-state index contributed by atoms with van der Waals surface area (Å²) in [5.41, 5.74) is 2.68. The summed E-state index contributed by atoms with van der Waals surface area (Å²) in [6.07, 6.45) is 0. The van der Waals surface area contributed by atoms with Crippen LogP contribution in [0, 0.1) is 5.82 Å². The van der Waals surface area contributed by atoms with Crippen LogP contribution in [0.4, 0.5) is 26.4 Å². The van der Waals surface area contributed by atoms with Crippen LogP contribution in [0.2, 0.25) is 0 Å². The van der Waals surface area contributed by atoms with E-state index in [0.29, 0.717) is 11.4 Å². The van der Waals surface area contributed by atoms with Crippen molar-refractivity contribution in [2.24, 2.45) is 4.99 Å². The van der Waals surface area contributed by atoms with Gasteiger partial charge < -0.3 is 5.32 Å². The normalized spacial score (nSPS) is 11.1. The number of aliphatic imine (C=N–C) groups is 1. The van der Waals surface area contributed by atoms with Gasteiger partial charge in [0.15, 0.2) is 11.5 Å². The van der Waals surface area contributed by atoms with Crippen LogP contribution in [0.5, 0.6) is 0 Å². The molecule has 0 spiro atoms. The smallest absolute Gasteiger partial charge is 0.308 e. The van der Waals surface area contributed by atoms with Gasteiger partial charge >= 0.3 is 6.03 Å². The number of nitrogens with one attached hydrogen (secondary N) is 3. The van der Waals surface area contributed by atoms with E-state index in [0.717, 1.165) is 0 Å². The number of rotatable bonds is 4. The SMILES string of the molecule is O=C(Nc1ccccc1)Nc1nonc1C(=Nc1ccc(F)c(Br)c1)NO. The zero-order chi connectivity index (χ0) is 19.2. The second kappa shape index (κ2) is 8.38. The van der Waals surface area contributed by atoms with Crippen LogP contribution in [-0.2, 0) is 0 Å². The Morgan fingerprint density at radius 3 is 2.63 bits per heavy atom. The van der Waals surface area contributed by atoms with Crippen molar-refractivity contribution in [2.75, 3.05) is 10.6 Å². The number of hydroxylamine groups is 1. The zero-order valence-corrected chi connectivity index (χ0v) is 15.1. The van der Waals surface area contributed by atoms with E-state index in [1.165, 1.54) is 18.2 Å². The van der Waals surface area contributed by atoms with Gasteiger partial charge in [-0.2, -0.15) is 0 Å². The number of halogens is 2. The van der Waals surface area contributed by atoms with Crippen LogP contribution in [-0.4, -0.2) is 27.4 Å². The molecule has 0 fully saturated rings. The quantitative estimate of drug-likeness (QED) is 0.282. The number of benzene rings is 2. The molecule has 3 rings (SSSR count). The van der Waals surface area contributed by atoms with E-state index >= 15 is 0 Å². The number of amides is 2. The fourth-order valence-electron chi connectivity index (χ4n) is 2.03. The largest absolute Gasteiger partial charge is 0.325 e. The monoisotopic (exact) mass is 434 g/mol. The molecule has 3 aromatic rings. The summed E-state index contributed by atoms with van der Waals surface area (Å²) in [6, 6.07) is 12.1. The Bertz CT molecular complexity index is 979. The summed E-state index contributed by atoms with van der Waals surface area (Å²) in [5.74, 6) is -0.704. The molecule has 0 atom stereocenters. The molecule has 9 nitrogen and oxygen atoms in total. The molecule has 0 aliphatic carbocycles. The van der Waals surface area contributed by atoms with Crippen molar-refractivity contribution in [3.63, 3.8) is 0 Å². The highest BCUT2D eigenvalue weighted by molar-refractivity contribution is 9.10. The third kappa shape index (κ3) is 4.65. The highest BCUT2D eigenvalue weighted by Gasteiger charge is 2.19. The molecule has 11 heteroatoms. The number of carbonyl (C=O) groups is 1. The second-order valence-electron chi connectivity index (χ2n) is 5.08. The summed E-state index contributed by atoms with van der Waals surface area (Å²) in [6.45, 7) is 0. The molecule has 0 bridgehead atoms. The van der Waals surface area contributed by atoms with E-state index < -0.39 is 11.8 Å². The molecule has 0 aliphatic heterocycles. The molecule has 138 valence electrons. The molecule has 2 amide bonds. The zero-order valence-electron chi connectivity index (χ0n) is 13.5. The number of amidine groups is 1. The summed E-state index contributed by atoms with van der Waals surface area (Å²) in [4.78, 5) is 16.2. The molecular formula is C16H12BrFN6O3. The third-order valence-electron chi connectivity index (χ3n) is 3.23. The lowest BCUT2D eigenvalue weighted by Crippen LogP contribution is -2.25. The summed E-state index contributed by atoms with van der Waals surface area (Å²) in [7, 11) is 0. The number of hydrogen-bond donors (Lipinski definition) is 4. The first-order valence-corrected chi connectivity index (χ1v) is 8.26. The van der Waals surface area contributed by atoms with E-state index in [1.807, 2.05) is 11.5 Å². The third-order valence-corrected chi connectivity index (χ3v) is 3.83. The molecule has 0 unspecified atom stereocenters. The van der Waals surface area contributed by atoms with Gasteiger partial charge in [-0.25, -0.2) is 18.8 Å². The number of urea groups is 1. The fourth-order valence-corrected chi connectivity index (χ4v) is 2.40. The number of anilines is 2. The highest BCUT2D eigenvalue weighted by Crippen LogP contribution is 2.23. The van der Waals surface area contributed by atoms with Crippen molar-refractivity contribution < 1.29 is 19.0 Å². The molecule has 27 heavy (non-hydrogen) atoms. The first-order chi connectivity index (χ1) is 13.1. The minimum Gasteiger partial charge on any atom is -0.308 e. The maximum Gasteiger partial charge on any atom is 0.325 e. The maximum absolute atomic E-state index is 13.3. The van der Waals surface area contributed by atoms with Gasteiger partial charge in [0, 0.05) is 5.69 Å². The first-order valence-electron chi connectivity index (χ1n) is 7.46. The van der Waals surface area contributed by atoms with E-state index in [4.69, 9.17) is 0 Å². The van der Waals surface area contributed by atoms with E-state index in [1.54, 1.807) is 24.3 Å². The second-order valence-corrected chi connectivity index (χ2v) is 5.93. The van der Waals surface area contributed by atoms with Gasteiger partial charge in [-0.15, -0.1) is 0 Å². The van der Waals surface area contributed by atoms with Crippen molar-refractivity contribution in [2.45, 2.75) is 0 Å². The van der Waals surface area contributed by atoms with Crippen LogP contribution in [0.15, 0.2) is 62.6 Å². The van der Waals surface area contributed by atoms with Crippen molar-refractivity contribution in [3.8, 4) is 0 Å². The predicted octanol–water partition coefficient (Wildman–Crippen LogP) is 3.67. The minimum absolute atomic E-state index is 0.0545. The van der Waals surface area contributed by atoms with Gasteiger partial charge in [-0.05, 0) is 56.6 Å². The van der Waals surface area contributed by atoms with Crippen LogP contribution in [0.1, 0.15) is 5.69 Å². The van der Waals surface area contributed by atoms with Crippen molar-refractivity contribution in [3.05, 3.63) is 64.5 Å². The van der Waals surface area contributed by atoms with Crippen LogP contribution < -0.4 is 16.1 Å². The van der Waals surface area contributed by atoms with Gasteiger partial charge in [-0.1, -0.05) is 18.2 Å². The lowest BCUT2D eigenvalue weighted by atomic mass is 10.3. The summed E-state index contributed by atoms with van der Waals surface area (Å²) in [5, 5.41) is 21.6. The molecule has 1 heterocycles. The molecule has 0 aliphatic rings. The fraction of sp³-hybridized carbons (Fsp3) is 0. The van der Waals surface area contributed by atoms with Crippen molar-refractivity contribution in [1.82, 2.24) is 15.8 Å². The van der Waals surface area contributed by atoms with Crippen LogP contribution >= 0.6 is 15.9 Å². The number of aromatic nitrogens is 2. The molecule has 0 saturated carbocycles. The van der Waals surface area contributed by atoms with Crippen molar-refractivity contribution in [1.29, 1.82) is 0 Å². The number of nitrogens with zero attached hydrogens (tertiary/aromatic N) is 3. The summed E-state index contributed by atoms with van der Waals surface area (Å²) < 4.78 is 18.1. The van der Waals surface area contributed by atoms with Crippen LogP contribution in [0.3, 0.4) is 0 Å². The Balaban J connectivity index is 1.80. The van der Waals surface area contributed by atoms with Gasteiger partial charge in [0.25, 0.3) is 0 Å². The van der Waals surface area contributed by atoms with Gasteiger partial charge in [0.05, 0.1) is 10.2 Å². The Hall–Kier alpha value is -3.31. The Morgan fingerprint density at radius 1 is 1.15 bits per heavy atom. The van der Waals surface area contributed by atoms with E-state index in [2.05, 4.69) is 46.5 Å². The number of hydrogen-bond acceptors (Lipinski definition) is 6. The molecule has 4 N–H and O–H groups in total. The molecule has 0 saturated heterocycles. The summed E-state index contributed by atoms with van der Waals surface area (Å²) >= 11 is 3.05. The molecule has 2 aromatic carbocycles. The predicted molar refractivity (Wildman–Crippen MR) is 98.6 cm³/mol. The maximum atomic E-state index is 13.3. The molecule has 0 radical (unpaired) electrons. The lowest BCUT2D eigenvalue weighted by molar-refractivity contribution is 0.234. The van der Waals surface area contributed by atoms with E-state index in [9.17, 15) is 14.4 Å². The number of para-hydroxylation sites is 1. The Morgan fingerprint density at radius 2 is 1.93 bits per heavy atom. The first kappa shape index (κ1) is 18.5. The average molecular weight is 435 g/mol. The standard InChI is InChI=1S/C16H12BrFN6O3/c17-11-8-10(6-7-12(11)18)19-14(22-26)13-15(24-27-23-13)21-16(25)20-9-4-2-1-3-5-9/h1-8,26H,(H,19,22)(H2,20,21,24,25). The number of carbonyl (C=O) groups excluding carboxylic acids is 1. The van der Waals surface area contributed by atoms with Gasteiger partial charge in [-0.3, -0.25) is 16.0 Å². The molecule has 1 aromatic heterocycles. The average Bonchev–Trinajstić information content (AvgIpc) is 3.11. The topological polar surface area (TPSA) is 125 Å².